The van der Waals surface area contributed by atoms with E-state index < -0.39 is 5.97 Å². The molecule has 1 N–H and O–H groups in total. The topological polar surface area (TPSA) is 94.3 Å². The van der Waals surface area contributed by atoms with Crippen LogP contribution in [0.15, 0.2) is 64.1 Å². The van der Waals surface area contributed by atoms with Crippen LogP contribution in [0.1, 0.15) is 10.5 Å². The first kappa shape index (κ1) is 19.2. The van der Waals surface area contributed by atoms with Gasteiger partial charge in [-0.3, -0.25) is 4.79 Å². The molecule has 0 radical (unpaired) electrons. The van der Waals surface area contributed by atoms with E-state index in [0.29, 0.717) is 11.0 Å². The third kappa shape index (κ3) is 4.30. The van der Waals surface area contributed by atoms with Gasteiger partial charge < -0.3 is 14.5 Å². The molecule has 2 aromatic carbocycles. The Balaban J connectivity index is 1.48. The number of hydrogen-bond donors (Lipinski definition) is 1. The fourth-order valence-corrected chi connectivity index (χ4v) is 4.17. The van der Waals surface area contributed by atoms with E-state index in [0.717, 1.165) is 27.5 Å². The molecule has 0 bridgehead atoms. The molecule has 0 aliphatic heterocycles. The van der Waals surface area contributed by atoms with Gasteiger partial charge in [-0.15, -0.1) is 0 Å². The highest BCUT2D eigenvalue weighted by atomic mass is 32.2. The summed E-state index contributed by atoms with van der Waals surface area (Å²) in [5.74, 6) is -0.559. The van der Waals surface area contributed by atoms with Crippen LogP contribution in [0, 0.1) is 0 Å². The highest BCUT2D eigenvalue weighted by molar-refractivity contribution is 7.99. The van der Waals surface area contributed by atoms with Crippen LogP contribution >= 0.6 is 23.1 Å². The van der Waals surface area contributed by atoms with Gasteiger partial charge in [0.2, 0.25) is 17.5 Å². The van der Waals surface area contributed by atoms with Crippen LogP contribution in [0.4, 0.5) is 5.13 Å². The number of carbonyl (C=O) groups is 2. The van der Waals surface area contributed by atoms with Crippen molar-refractivity contribution in [1.82, 2.24) is 9.97 Å². The minimum atomic E-state index is -0.620. The van der Waals surface area contributed by atoms with Crippen LogP contribution in [0.5, 0.6) is 0 Å². The fourth-order valence-electron chi connectivity index (χ4n) is 2.55. The van der Waals surface area contributed by atoms with Crippen LogP contribution in [0.25, 0.3) is 21.7 Å². The van der Waals surface area contributed by atoms with Crippen LogP contribution < -0.4 is 5.32 Å². The average Bonchev–Trinajstić information content (AvgIpc) is 3.36. The number of thiazole rings is 1. The quantitative estimate of drug-likeness (QED) is 0.360. The zero-order chi connectivity index (χ0) is 20.2. The van der Waals surface area contributed by atoms with Gasteiger partial charge in [0, 0.05) is 5.56 Å². The smallest absolute Gasteiger partial charge is 0.361 e. The lowest BCUT2D eigenvalue weighted by Gasteiger charge is -2.01. The van der Waals surface area contributed by atoms with E-state index in [2.05, 4.69) is 15.3 Å². The van der Waals surface area contributed by atoms with Gasteiger partial charge in [-0.05, 0) is 24.3 Å². The highest BCUT2D eigenvalue weighted by Gasteiger charge is 2.23. The number of rotatable bonds is 6. The van der Waals surface area contributed by atoms with Gasteiger partial charge in [0.15, 0.2) is 10.2 Å². The summed E-state index contributed by atoms with van der Waals surface area (Å²) < 4.78 is 11.5. The van der Waals surface area contributed by atoms with Crippen LogP contribution in [-0.2, 0) is 9.53 Å². The molecule has 0 aliphatic carbocycles. The van der Waals surface area contributed by atoms with Gasteiger partial charge in [0.1, 0.15) is 0 Å². The lowest BCUT2D eigenvalue weighted by molar-refractivity contribution is -0.113. The number of hydrogen-bond acceptors (Lipinski definition) is 8. The van der Waals surface area contributed by atoms with Crippen LogP contribution in [-0.4, -0.2) is 34.7 Å². The molecule has 9 heteroatoms. The number of benzene rings is 2. The molecule has 0 saturated heterocycles. The van der Waals surface area contributed by atoms with Crippen molar-refractivity contribution < 1.29 is 18.7 Å². The number of aromatic nitrogens is 2. The summed E-state index contributed by atoms with van der Waals surface area (Å²) in [6, 6.07) is 16.8. The van der Waals surface area contributed by atoms with Crippen molar-refractivity contribution in [1.29, 1.82) is 0 Å². The Morgan fingerprint density at radius 2 is 1.86 bits per heavy atom. The number of para-hydroxylation sites is 1. The van der Waals surface area contributed by atoms with Crippen molar-refractivity contribution in [3.05, 3.63) is 60.3 Å². The third-order valence-corrected chi connectivity index (χ3v) is 5.77. The molecule has 1 amide bonds. The molecule has 4 rings (SSSR count). The lowest BCUT2D eigenvalue weighted by Crippen LogP contribution is -2.14. The molecule has 0 saturated carbocycles. The number of ether oxygens (including phenoxy) is 1. The molecule has 146 valence electrons. The van der Waals surface area contributed by atoms with E-state index in [1.807, 2.05) is 54.6 Å². The Bertz CT molecular complexity index is 1140. The molecule has 2 heterocycles. The van der Waals surface area contributed by atoms with E-state index in [1.54, 1.807) is 0 Å². The maximum Gasteiger partial charge on any atom is 0.361 e. The van der Waals surface area contributed by atoms with Gasteiger partial charge in [0.05, 0.1) is 23.1 Å². The Labute approximate surface area is 174 Å². The molecule has 0 aliphatic rings. The van der Waals surface area contributed by atoms with Crippen LogP contribution in [0.2, 0.25) is 0 Å². The van der Waals surface area contributed by atoms with Crippen molar-refractivity contribution in [2.24, 2.45) is 0 Å². The van der Waals surface area contributed by atoms with Crippen molar-refractivity contribution in [2.45, 2.75) is 5.09 Å². The highest BCUT2D eigenvalue weighted by Crippen LogP contribution is 2.30. The van der Waals surface area contributed by atoms with Crippen molar-refractivity contribution in [2.75, 3.05) is 18.2 Å². The normalized spacial score (nSPS) is 10.8. The zero-order valence-electron chi connectivity index (χ0n) is 15.2. The standard InChI is InChI=1S/C20H15N3O4S2/c1-26-18(25)16-19(27-17(23-16)12-7-3-2-4-8-12)28-11-15(24)22-20-21-13-9-5-6-10-14(13)29-20/h2-10H,11H2,1H3,(H,21,22,24). The van der Waals surface area contributed by atoms with Gasteiger partial charge >= 0.3 is 5.97 Å². The molecule has 29 heavy (non-hydrogen) atoms. The SMILES string of the molecule is COC(=O)c1nc(-c2ccccc2)oc1SCC(=O)Nc1nc2ccccc2s1. The second-order valence-electron chi connectivity index (χ2n) is 5.84. The first-order valence-electron chi connectivity index (χ1n) is 8.57. The molecular formula is C20H15N3O4S2. The first-order valence-corrected chi connectivity index (χ1v) is 10.4. The second kappa shape index (κ2) is 8.46. The summed E-state index contributed by atoms with van der Waals surface area (Å²) in [5, 5.41) is 3.52. The Hall–Kier alpha value is -3.17. The zero-order valence-corrected chi connectivity index (χ0v) is 16.9. The number of oxazole rings is 1. The van der Waals surface area contributed by atoms with E-state index in [1.165, 1.54) is 18.4 Å². The number of amides is 1. The van der Waals surface area contributed by atoms with E-state index in [-0.39, 0.29) is 22.4 Å². The second-order valence-corrected chi connectivity index (χ2v) is 7.82. The van der Waals surface area contributed by atoms with Crippen molar-refractivity contribution in [3.63, 3.8) is 0 Å². The van der Waals surface area contributed by atoms with Gasteiger partial charge in [-0.25, -0.2) is 14.8 Å². The molecular weight excluding hydrogens is 410 g/mol. The maximum absolute atomic E-state index is 12.3. The van der Waals surface area contributed by atoms with E-state index >= 15 is 0 Å². The van der Waals surface area contributed by atoms with Gasteiger partial charge in [-0.2, -0.15) is 0 Å². The summed E-state index contributed by atoms with van der Waals surface area (Å²) in [5.41, 5.74) is 1.60. The molecule has 4 aromatic rings. The molecule has 0 fully saturated rings. The summed E-state index contributed by atoms with van der Waals surface area (Å²) >= 11 is 2.47. The number of nitrogens with zero attached hydrogens (tertiary/aromatic N) is 2. The monoisotopic (exact) mass is 425 g/mol. The largest absolute Gasteiger partial charge is 0.464 e. The summed E-state index contributed by atoms with van der Waals surface area (Å²) in [6.45, 7) is 0. The third-order valence-electron chi connectivity index (χ3n) is 3.87. The van der Waals surface area contributed by atoms with Crippen molar-refractivity contribution in [3.8, 4) is 11.5 Å². The lowest BCUT2D eigenvalue weighted by atomic mass is 10.2. The maximum atomic E-state index is 12.3. The molecule has 0 unspecified atom stereocenters. The first-order chi connectivity index (χ1) is 14.1. The fraction of sp³-hybridized carbons (Fsp3) is 0.100. The number of nitrogens with one attached hydrogen (secondary N) is 1. The number of methoxy groups -OCH3 is 1. The Kier molecular flexibility index (Phi) is 5.59. The summed E-state index contributed by atoms with van der Waals surface area (Å²) in [7, 11) is 1.27. The minimum absolute atomic E-state index is 0.0311. The van der Waals surface area contributed by atoms with Crippen LogP contribution in [0.3, 0.4) is 0 Å². The number of fused-ring (bicyclic) bond motifs is 1. The molecule has 7 nitrogen and oxygen atoms in total. The molecule has 0 atom stereocenters. The van der Waals surface area contributed by atoms with E-state index in [9.17, 15) is 9.59 Å². The van der Waals surface area contributed by atoms with Gasteiger partial charge in [0.25, 0.3) is 0 Å². The number of esters is 1. The molecule has 2 aromatic heterocycles. The van der Waals surface area contributed by atoms with Gasteiger partial charge in [-0.1, -0.05) is 53.4 Å². The Morgan fingerprint density at radius 3 is 2.62 bits per heavy atom. The van der Waals surface area contributed by atoms with E-state index in [4.69, 9.17) is 9.15 Å². The predicted octanol–water partition coefficient (Wildman–Crippen LogP) is 4.47. The van der Waals surface area contributed by atoms with Crippen molar-refractivity contribution >= 4 is 50.3 Å². The Morgan fingerprint density at radius 1 is 1.10 bits per heavy atom. The predicted molar refractivity (Wildman–Crippen MR) is 112 cm³/mol. The molecule has 0 spiro atoms. The summed E-state index contributed by atoms with van der Waals surface area (Å²) in [6.07, 6.45) is 0. The number of carbonyl (C=O) groups excluding carboxylic acids is 2. The number of thioether (sulfide) groups is 1. The average molecular weight is 425 g/mol. The number of anilines is 1. The minimum Gasteiger partial charge on any atom is -0.464 e. The summed E-state index contributed by atoms with van der Waals surface area (Å²) in [4.78, 5) is 33.0.